The number of fused-ring (bicyclic) bond motifs is 1. The molecule has 208 valence electrons. The van der Waals surface area contributed by atoms with Crippen LogP contribution in [0.1, 0.15) is 13.8 Å². The van der Waals surface area contributed by atoms with E-state index in [0.717, 1.165) is 5.69 Å². The lowest BCUT2D eigenvalue weighted by atomic mass is 10.2. The maximum Gasteiger partial charge on any atom is 0.243 e. The first-order chi connectivity index (χ1) is 19.4. The molecule has 40 heavy (non-hydrogen) atoms. The fourth-order valence-corrected chi connectivity index (χ4v) is 6.57. The first kappa shape index (κ1) is 27.7. The van der Waals surface area contributed by atoms with E-state index in [9.17, 15) is 13.2 Å². The first-order valence-electron chi connectivity index (χ1n) is 12.8. The highest BCUT2D eigenvalue weighted by molar-refractivity contribution is 7.99. The molecule has 1 aliphatic rings. The quantitative estimate of drug-likeness (QED) is 0.274. The third-order valence-corrected chi connectivity index (χ3v) is 9.22. The van der Waals surface area contributed by atoms with Crippen molar-refractivity contribution in [1.82, 2.24) is 19.1 Å². The van der Waals surface area contributed by atoms with Crippen LogP contribution in [-0.2, 0) is 14.8 Å². The smallest absolute Gasteiger partial charge is 0.243 e. The van der Waals surface area contributed by atoms with E-state index in [4.69, 9.17) is 9.47 Å². The second-order valence-corrected chi connectivity index (χ2v) is 11.7. The topological polar surface area (TPSA) is 116 Å². The van der Waals surface area contributed by atoms with E-state index in [0.29, 0.717) is 60.0 Å². The largest absolute Gasteiger partial charge is 0.486 e. The molecule has 0 radical (unpaired) electrons. The predicted molar refractivity (Wildman–Crippen MR) is 154 cm³/mol. The molecule has 4 aromatic rings. The van der Waals surface area contributed by atoms with Crippen molar-refractivity contribution in [3.8, 4) is 28.6 Å². The minimum atomic E-state index is -3.66. The highest BCUT2D eigenvalue weighted by Gasteiger charge is 2.24. The van der Waals surface area contributed by atoms with E-state index >= 15 is 0 Å². The average Bonchev–Trinajstić information content (AvgIpc) is 3.41. The van der Waals surface area contributed by atoms with Crippen molar-refractivity contribution in [2.24, 2.45) is 0 Å². The fourth-order valence-electron chi connectivity index (χ4n) is 4.32. The predicted octanol–water partition coefficient (Wildman–Crippen LogP) is 4.47. The van der Waals surface area contributed by atoms with Crippen molar-refractivity contribution in [3.63, 3.8) is 0 Å². The van der Waals surface area contributed by atoms with Gasteiger partial charge >= 0.3 is 0 Å². The minimum Gasteiger partial charge on any atom is -0.486 e. The van der Waals surface area contributed by atoms with Gasteiger partial charge in [-0.1, -0.05) is 55.9 Å². The van der Waals surface area contributed by atoms with Crippen molar-refractivity contribution in [1.29, 1.82) is 0 Å². The summed E-state index contributed by atoms with van der Waals surface area (Å²) in [6, 6.07) is 21.5. The SMILES string of the molecule is CCN(CC)S(=O)(=O)c1cccc(-c2nnc(SCC(=O)Nc3ccc4c(c3)OCCO4)n2-c2ccccc2)c1. The molecule has 0 fully saturated rings. The molecule has 1 amide bonds. The summed E-state index contributed by atoms with van der Waals surface area (Å²) in [5, 5.41) is 12.1. The van der Waals surface area contributed by atoms with E-state index in [1.807, 2.05) is 48.7 Å². The van der Waals surface area contributed by atoms with Crippen LogP contribution in [0.15, 0.2) is 82.8 Å². The summed E-state index contributed by atoms with van der Waals surface area (Å²) >= 11 is 1.23. The van der Waals surface area contributed by atoms with Gasteiger partial charge in [-0.15, -0.1) is 10.2 Å². The average molecular weight is 580 g/mol. The summed E-state index contributed by atoms with van der Waals surface area (Å²) in [6.07, 6.45) is 0. The van der Waals surface area contributed by atoms with Crippen LogP contribution in [0.3, 0.4) is 0 Å². The molecule has 0 aliphatic carbocycles. The number of ether oxygens (including phenoxy) is 2. The third kappa shape index (κ3) is 5.83. The number of hydrogen-bond acceptors (Lipinski definition) is 8. The zero-order valence-electron chi connectivity index (χ0n) is 22.1. The van der Waals surface area contributed by atoms with Crippen LogP contribution in [0.25, 0.3) is 17.1 Å². The summed E-state index contributed by atoms with van der Waals surface area (Å²) in [4.78, 5) is 13.0. The van der Waals surface area contributed by atoms with E-state index in [2.05, 4.69) is 15.5 Å². The molecule has 0 saturated heterocycles. The monoisotopic (exact) mass is 579 g/mol. The van der Waals surface area contributed by atoms with E-state index in [1.165, 1.54) is 16.1 Å². The molecular formula is C28H29N5O5S2. The molecule has 5 rings (SSSR count). The van der Waals surface area contributed by atoms with Gasteiger partial charge in [-0.05, 0) is 36.4 Å². The summed E-state index contributed by atoms with van der Waals surface area (Å²) in [5.41, 5.74) is 1.98. The Morgan fingerprint density at radius 1 is 0.950 bits per heavy atom. The lowest BCUT2D eigenvalue weighted by molar-refractivity contribution is -0.113. The summed E-state index contributed by atoms with van der Waals surface area (Å²) in [6.45, 7) is 5.32. The number of amides is 1. The number of aromatic nitrogens is 3. The molecule has 3 aromatic carbocycles. The molecule has 10 nitrogen and oxygen atoms in total. The number of nitrogens with one attached hydrogen (secondary N) is 1. The van der Waals surface area contributed by atoms with Gasteiger partial charge in [0.25, 0.3) is 0 Å². The van der Waals surface area contributed by atoms with Gasteiger partial charge in [0.2, 0.25) is 15.9 Å². The van der Waals surface area contributed by atoms with Crippen molar-refractivity contribution in [3.05, 3.63) is 72.8 Å². The number of para-hydroxylation sites is 1. The Labute approximate surface area is 237 Å². The molecule has 1 N–H and O–H groups in total. The van der Waals surface area contributed by atoms with Gasteiger partial charge in [0.1, 0.15) is 13.2 Å². The molecular weight excluding hydrogens is 550 g/mol. The van der Waals surface area contributed by atoms with Crippen molar-refractivity contribution in [2.45, 2.75) is 23.9 Å². The van der Waals surface area contributed by atoms with Crippen LogP contribution in [0.4, 0.5) is 5.69 Å². The van der Waals surface area contributed by atoms with E-state index in [-0.39, 0.29) is 16.6 Å². The third-order valence-electron chi connectivity index (χ3n) is 6.24. The zero-order valence-corrected chi connectivity index (χ0v) is 23.7. The van der Waals surface area contributed by atoms with Gasteiger partial charge in [-0.25, -0.2) is 8.42 Å². The maximum atomic E-state index is 13.2. The molecule has 1 aromatic heterocycles. The molecule has 1 aliphatic heterocycles. The Kier molecular flexibility index (Phi) is 8.38. The Morgan fingerprint density at radius 2 is 1.70 bits per heavy atom. The number of hydrogen-bond donors (Lipinski definition) is 1. The van der Waals surface area contributed by atoms with Crippen LogP contribution in [0.5, 0.6) is 11.5 Å². The van der Waals surface area contributed by atoms with Crippen LogP contribution in [0, 0.1) is 0 Å². The molecule has 0 bridgehead atoms. The summed E-state index contributed by atoms with van der Waals surface area (Å²) in [7, 11) is -3.66. The van der Waals surface area contributed by atoms with Gasteiger partial charge in [-0.2, -0.15) is 4.31 Å². The normalized spacial score (nSPS) is 12.9. The number of thioether (sulfide) groups is 1. The molecule has 0 saturated carbocycles. The Morgan fingerprint density at radius 3 is 2.45 bits per heavy atom. The molecule has 0 unspecified atom stereocenters. The number of nitrogens with zero attached hydrogens (tertiary/aromatic N) is 4. The van der Waals surface area contributed by atoms with Gasteiger partial charge < -0.3 is 14.8 Å². The van der Waals surface area contributed by atoms with Crippen LogP contribution in [-0.4, -0.2) is 65.5 Å². The lowest BCUT2D eigenvalue weighted by Gasteiger charge is -2.19. The Balaban J connectivity index is 1.41. The first-order valence-corrected chi connectivity index (χ1v) is 15.3. The van der Waals surface area contributed by atoms with E-state index in [1.54, 1.807) is 42.5 Å². The molecule has 0 atom stereocenters. The fraction of sp³-hybridized carbons (Fsp3) is 0.250. The highest BCUT2D eigenvalue weighted by Crippen LogP contribution is 2.33. The van der Waals surface area contributed by atoms with Crippen LogP contribution in [0.2, 0.25) is 0 Å². The number of benzene rings is 3. The maximum absolute atomic E-state index is 13.2. The Bertz CT molecular complexity index is 1600. The summed E-state index contributed by atoms with van der Waals surface area (Å²) in [5.74, 6) is 1.57. The molecule has 0 spiro atoms. The van der Waals surface area contributed by atoms with Crippen molar-refractivity contribution in [2.75, 3.05) is 37.4 Å². The van der Waals surface area contributed by atoms with Crippen LogP contribution < -0.4 is 14.8 Å². The zero-order chi connectivity index (χ0) is 28.1. The van der Waals surface area contributed by atoms with Crippen molar-refractivity contribution >= 4 is 33.4 Å². The second kappa shape index (κ2) is 12.1. The Hall–Kier alpha value is -3.87. The van der Waals surface area contributed by atoms with Gasteiger partial charge in [0.15, 0.2) is 22.5 Å². The minimum absolute atomic E-state index is 0.0792. The van der Waals surface area contributed by atoms with Crippen LogP contribution >= 0.6 is 11.8 Å². The molecule has 12 heteroatoms. The summed E-state index contributed by atoms with van der Waals surface area (Å²) < 4.78 is 40.7. The second-order valence-electron chi connectivity index (χ2n) is 8.79. The number of rotatable bonds is 10. The lowest BCUT2D eigenvalue weighted by Crippen LogP contribution is -2.30. The number of sulfonamides is 1. The van der Waals surface area contributed by atoms with E-state index < -0.39 is 10.0 Å². The number of anilines is 1. The van der Waals surface area contributed by atoms with Crippen molar-refractivity contribution < 1.29 is 22.7 Å². The van der Waals surface area contributed by atoms with Gasteiger partial charge in [0, 0.05) is 36.1 Å². The molecule has 2 heterocycles. The van der Waals surface area contributed by atoms with Gasteiger partial charge in [-0.3, -0.25) is 9.36 Å². The number of carbonyl (C=O) groups excluding carboxylic acids is 1. The number of carbonyl (C=O) groups is 1. The standard InChI is InChI=1S/C28H29N5O5S2/c1-3-32(4-2)40(35,36)23-12-8-9-20(17-23)27-30-31-28(33(27)22-10-6-5-7-11-22)39-19-26(34)29-21-13-14-24-25(18-21)38-16-15-37-24/h5-14,17-18H,3-4,15-16,19H2,1-2H3,(H,29,34). The highest BCUT2D eigenvalue weighted by atomic mass is 32.2. The van der Waals surface area contributed by atoms with Gasteiger partial charge in [0.05, 0.1) is 10.6 Å².